The van der Waals surface area contributed by atoms with Crippen LogP contribution in [0.15, 0.2) is 18.2 Å². The van der Waals surface area contributed by atoms with Crippen molar-refractivity contribution in [3.63, 3.8) is 0 Å². The van der Waals surface area contributed by atoms with Crippen LogP contribution in [-0.4, -0.2) is 17.7 Å². The monoisotopic (exact) mass is 276 g/mol. The van der Waals surface area contributed by atoms with E-state index in [1.165, 1.54) is 5.56 Å². The summed E-state index contributed by atoms with van der Waals surface area (Å²) in [7, 11) is 0. The number of hydrogen-bond acceptors (Lipinski definition) is 2. The number of ether oxygens (including phenoxy) is 1. The summed E-state index contributed by atoms with van der Waals surface area (Å²) >= 11 is 0. The fourth-order valence-corrected chi connectivity index (χ4v) is 2.36. The molecule has 0 saturated carbocycles. The van der Waals surface area contributed by atoms with E-state index in [-0.39, 0.29) is 6.42 Å². The minimum atomic E-state index is -0.805. The Kier molecular flexibility index (Phi) is 6.29. The number of rotatable bonds is 7. The highest BCUT2D eigenvalue weighted by Crippen LogP contribution is 2.33. The molecule has 0 aliphatic heterocycles. The summed E-state index contributed by atoms with van der Waals surface area (Å²) in [5.41, 5.74) is 4.36. The molecule has 0 aliphatic rings. The fourth-order valence-electron chi connectivity index (χ4n) is 2.36. The maximum atomic E-state index is 10.8. The van der Waals surface area contributed by atoms with Gasteiger partial charge in [-0.2, -0.15) is 0 Å². The van der Waals surface area contributed by atoms with E-state index in [4.69, 9.17) is 9.84 Å². The summed E-state index contributed by atoms with van der Waals surface area (Å²) in [6.45, 7) is 8.74. The van der Waals surface area contributed by atoms with Gasteiger partial charge in [-0.1, -0.05) is 25.5 Å². The first-order valence-corrected chi connectivity index (χ1v) is 7.14. The Bertz CT molecular complexity index is 501. The number of hydrogen-bond donors (Lipinski definition) is 1. The highest BCUT2D eigenvalue weighted by atomic mass is 16.5. The summed E-state index contributed by atoms with van der Waals surface area (Å²) in [6.07, 6.45) is 3.69. The molecule has 0 amide bonds. The zero-order chi connectivity index (χ0) is 15.1. The lowest BCUT2D eigenvalue weighted by molar-refractivity contribution is -0.135. The molecule has 0 aromatic heterocycles. The van der Waals surface area contributed by atoms with Crippen molar-refractivity contribution in [1.29, 1.82) is 0 Å². The molecule has 0 aliphatic carbocycles. The number of carboxylic acid groups (broad SMARTS) is 1. The molecule has 0 unspecified atom stereocenters. The maximum Gasteiger partial charge on any atom is 0.307 e. The van der Waals surface area contributed by atoms with Gasteiger partial charge in [0.1, 0.15) is 5.75 Å². The molecule has 0 bridgehead atoms. The molecule has 1 aromatic rings. The molecule has 3 heteroatoms. The first kappa shape index (κ1) is 16.3. The van der Waals surface area contributed by atoms with Gasteiger partial charge in [-0.05, 0) is 50.0 Å². The van der Waals surface area contributed by atoms with E-state index in [1.54, 1.807) is 0 Å². The molecule has 0 fully saturated rings. The van der Waals surface area contributed by atoms with Crippen LogP contribution in [0.3, 0.4) is 0 Å². The van der Waals surface area contributed by atoms with Crippen molar-refractivity contribution in [3.05, 3.63) is 34.9 Å². The fraction of sp³-hybridized carbons (Fsp3) is 0.471. The van der Waals surface area contributed by atoms with Crippen molar-refractivity contribution < 1.29 is 14.6 Å². The molecule has 110 valence electrons. The van der Waals surface area contributed by atoms with E-state index in [0.717, 1.165) is 35.3 Å². The molecular formula is C17H24O3. The minimum Gasteiger partial charge on any atom is -0.493 e. The number of carbonyl (C=O) groups is 1. The number of carboxylic acids is 1. The summed E-state index contributed by atoms with van der Waals surface area (Å²) in [6, 6.07) is 4.18. The third kappa shape index (κ3) is 4.41. The van der Waals surface area contributed by atoms with Crippen LogP contribution < -0.4 is 4.74 Å². The molecule has 0 atom stereocenters. The first-order chi connectivity index (χ1) is 9.49. The summed E-state index contributed by atoms with van der Waals surface area (Å²) in [4.78, 5) is 10.8. The van der Waals surface area contributed by atoms with Gasteiger partial charge in [0.05, 0.1) is 13.0 Å². The smallest absolute Gasteiger partial charge is 0.307 e. The van der Waals surface area contributed by atoms with Crippen molar-refractivity contribution in [1.82, 2.24) is 0 Å². The Balaban J connectivity index is 3.30. The molecule has 1 aromatic carbocycles. The normalized spacial score (nSPS) is 11.5. The van der Waals surface area contributed by atoms with Crippen molar-refractivity contribution in [3.8, 4) is 5.75 Å². The molecule has 0 radical (unpaired) electrons. The van der Waals surface area contributed by atoms with E-state index in [9.17, 15) is 4.79 Å². The van der Waals surface area contributed by atoms with Crippen LogP contribution in [0.1, 0.15) is 49.8 Å². The quantitative estimate of drug-likeness (QED) is 0.804. The highest BCUT2D eigenvalue weighted by Gasteiger charge is 2.12. The van der Waals surface area contributed by atoms with E-state index in [0.29, 0.717) is 6.61 Å². The predicted molar refractivity (Wildman–Crippen MR) is 82.2 cm³/mol. The summed E-state index contributed by atoms with van der Waals surface area (Å²) < 4.78 is 5.77. The van der Waals surface area contributed by atoms with Crippen LogP contribution in [0.2, 0.25) is 0 Å². The van der Waals surface area contributed by atoms with Gasteiger partial charge >= 0.3 is 5.97 Å². The van der Waals surface area contributed by atoms with Gasteiger partial charge in [0.15, 0.2) is 0 Å². The lowest BCUT2D eigenvalue weighted by Gasteiger charge is -2.17. The van der Waals surface area contributed by atoms with Gasteiger partial charge in [-0.3, -0.25) is 4.79 Å². The Hall–Kier alpha value is -1.77. The lowest BCUT2D eigenvalue weighted by Crippen LogP contribution is -2.01. The van der Waals surface area contributed by atoms with E-state index >= 15 is 0 Å². The second kappa shape index (κ2) is 7.73. The zero-order valence-corrected chi connectivity index (χ0v) is 12.8. The van der Waals surface area contributed by atoms with Crippen molar-refractivity contribution in [2.45, 2.75) is 47.0 Å². The molecule has 1 N–H and O–H groups in total. The topological polar surface area (TPSA) is 46.5 Å². The second-order valence-electron chi connectivity index (χ2n) is 4.97. The predicted octanol–water partition coefficient (Wildman–Crippen LogP) is 4.36. The van der Waals surface area contributed by atoms with E-state index in [1.807, 2.05) is 26.8 Å². The Labute approximate surface area is 121 Å². The van der Waals surface area contributed by atoms with Gasteiger partial charge < -0.3 is 9.84 Å². The third-order valence-corrected chi connectivity index (χ3v) is 3.10. The van der Waals surface area contributed by atoms with Crippen molar-refractivity contribution >= 4 is 11.5 Å². The minimum absolute atomic E-state index is 0.0495. The standard InChI is InChI=1S/C17H24O3/c1-5-7-14(8-9-16(18)19)15-11-12(3)10-13(4)17(15)20-6-2/h8,10-11H,5-7,9H2,1-4H3,(H,18,19)/b14-8+. The average Bonchev–Trinajstić information content (AvgIpc) is 2.37. The van der Waals surface area contributed by atoms with Crippen LogP contribution in [0.25, 0.3) is 5.57 Å². The Morgan fingerprint density at radius 3 is 2.55 bits per heavy atom. The molecule has 3 nitrogen and oxygen atoms in total. The van der Waals surface area contributed by atoms with Crippen molar-refractivity contribution in [2.24, 2.45) is 0 Å². The van der Waals surface area contributed by atoms with Crippen LogP contribution in [0.5, 0.6) is 5.75 Å². The Morgan fingerprint density at radius 1 is 1.30 bits per heavy atom. The highest BCUT2D eigenvalue weighted by molar-refractivity contribution is 5.77. The molecule has 0 spiro atoms. The molecule has 0 heterocycles. The largest absolute Gasteiger partial charge is 0.493 e. The Morgan fingerprint density at radius 2 is 2.00 bits per heavy atom. The third-order valence-electron chi connectivity index (χ3n) is 3.10. The van der Waals surface area contributed by atoms with Crippen LogP contribution >= 0.6 is 0 Å². The molecule has 1 rings (SSSR count). The second-order valence-corrected chi connectivity index (χ2v) is 4.97. The van der Waals surface area contributed by atoms with Crippen LogP contribution in [-0.2, 0) is 4.79 Å². The summed E-state index contributed by atoms with van der Waals surface area (Å²) in [5, 5.41) is 8.88. The number of benzene rings is 1. The zero-order valence-electron chi connectivity index (χ0n) is 12.8. The first-order valence-electron chi connectivity index (χ1n) is 7.14. The SMILES string of the molecule is CCC/C(=C\CC(=O)O)c1cc(C)cc(C)c1OCC. The van der Waals surface area contributed by atoms with Crippen LogP contribution in [0.4, 0.5) is 0 Å². The average molecular weight is 276 g/mol. The number of aryl methyl sites for hydroxylation is 2. The molecule has 20 heavy (non-hydrogen) atoms. The molecular weight excluding hydrogens is 252 g/mol. The van der Waals surface area contributed by atoms with Gasteiger partial charge in [0.2, 0.25) is 0 Å². The lowest BCUT2D eigenvalue weighted by atomic mass is 9.95. The van der Waals surface area contributed by atoms with Crippen molar-refractivity contribution in [2.75, 3.05) is 6.61 Å². The van der Waals surface area contributed by atoms with E-state index < -0.39 is 5.97 Å². The van der Waals surface area contributed by atoms with Gasteiger partial charge in [0, 0.05) is 5.56 Å². The number of aliphatic carboxylic acids is 1. The van der Waals surface area contributed by atoms with Gasteiger partial charge in [0.25, 0.3) is 0 Å². The molecule has 0 saturated heterocycles. The summed E-state index contributed by atoms with van der Waals surface area (Å²) in [5.74, 6) is 0.0733. The van der Waals surface area contributed by atoms with E-state index in [2.05, 4.69) is 19.1 Å². The van der Waals surface area contributed by atoms with Gasteiger partial charge in [-0.25, -0.2) is 0 Å². The van der Waals surface area contributed by atoms with Crippen LogP contribution in [0, 0.1) is 13.8 Å². The van der Waals surface area contributed by atoms with Gasteiger partial charge in [-0.15, -0.1) is 0 Å². The number of allylic oxidation sites excluding steroid dienone is 1. The maximum absolute atomic E-state index is 10.8.